The van der Waals surface area contributed by atoms with Crippen LogP contribution in [0, 0.1) is 5.41 Å². The van der Waals surface area contributed by atoms with Gasteiger partial charge in [-0.2, -0.15) is 5.53 Å². The molecular formula is C24H36N6O2. The fourth-order valence-electron chi connectivity index (χ4n) is 3.49. The number of hydrogen-bond acceptors (Lipinski definition) is 6. The number of nitrogens with two attached hydrogens (primary N) is 1. The average Bonchev–Trinajstić information content (AvgIpc) is 2.77. The Bertz CT molecular complexity index is 940. The molecule has 1 aliphatic rings. The Morgan fingerprint density at radius 3 is 2.62 bits per heavy atom. The molecule has 8 heteroatoms. The number of amides is 1. The zero-order valence-corrected chi connectivity index (χ0v) is 20.0. The van der Waals surface area contributed by atoms with Crippen molar-refractivity contribution in [1.82, 2.24) is 20.8 Å². The highest BCUT2D eigenvalue weighted by atomic mass is 16.5. The van der Waals surface area contributed by atoms with Crippen molar-refractivity contribution < 1.29 is 9.53 Å². The molecule has 1 aliphatic heterocycles. The number of amidine groups is 1. The second-order valence-electron chi connectivity index (χ2n) is 8.11. The Morgan fingerprint density at radius 1 is 1.31 bits per heavy atom. The number of fused-ring (bicyclic) bond motifs is 1. The SMILES string of the molecule is CCN(NN)C(=N)/C(C)=C/C=C\C(NC(=O)c1cc2c(cc1OC)CCN(C)C2)=C(C)C. The summed E-state index contributed by atoms with van der Waals surface area (Å²) in [6.45, 7) is 10.00. The molecule has 174 valence electrons. The van der Waals surface area contributed by atoms with Crippen LogP contribution >= 0.6 is 0 Å². The monoisotopic (exact) mass is 440 g/mol. The van der Waals surface area contributed by atoms with Crippen LogP contribution in [-0.4, -0.2) is 48.9 Å². The first kappa shape index (κ1) is 25.3. The largest absolute Gasteiger partial charge is 0.496 e. The van der Waals surface area contributed by atoms with Crippen molar-refractivity contribution in [2.75, 3.05) is 27.2 Å². The van der Waals surface area contributed by atoms with Crippen LogP contribution in [0.3, 0.4) is 0 Å². The van der Waals surface area contributed by atoms with E-state index in [0.717, 1.165) is 36.2 Å². The molecule has 0 atom stereocenters. The molecule has 0 aromatic heterocycles. The van der Waals surface area contributed by atoms with Gasteiger partial charge in [0.05, 0.1) is 12.7 Å². The fraction of sp³-hybridized carbons (Fsp3) is 0.417. The van der Waals surface area contributed by atoms with Gasteiger partial charge in [-0.05, 0) is 76.1 Å². The maximum absolute atomic E-state index is 13.1. The minimum Gasteiger partial charge on any atom is -0.496 e. The lowest BCUT2D eigenvalue weighted by Crippen LogP contribution is -2.46. The van der Waals surface area contributed by atoms with Crippen molar-refractivity contribution in [1.29, 1.82) is 5.41 Å². The quantitative estimate of drug-likeness (QED) is 0.163. The first-order valence-electron chi connectivity index (χ1n) is 10.8. The maximum Gasteiger partial charge on any atom is 0.259 e. The van der Waals surface area contributed by atoms with E-state index >= 15 is 0 Å². The number of carbonyl (C=O) groups excluding carboxylic acids is 1. The van der Waals surface area contributed by atoms with Gasteiger partial charge in [-0.1, -0.05) is 17.7 Å². The van der Waals surface area contributed by atoms with E-state index in [9.17, 15) is 4.79 Å². The molecular weight excluding hydrogens is 404 g/mol. The minimum absolute atomic E-state index is 0.211. The molecule has 0 spiro atoms. The number of nitrogens with zero attached hydrogens (tertiary/aromatic N) is 2. The third-order valence-corrected chi connectivity index (χ3v) is 5.48. The van der Waals surface area contributed by atoms with E-state index in [1.807, 2.05) is 58.1 Å². The molecule has 2 rings (SSSR count). The van der Waals surface area contributed by atoms with Crippen molar-refractivity contribution in [3.8, 4) is 5.75 Å². The molecule has 8 nitrogen and oxygen atoms in total. The first-order chi connectivity index (χ1) is 15.2. The molecule has 0 fully saturated rings. The van der Waals surface area contributed by atoms with Crippen LogP contribution in [0.15, 0.2) is 47.2 Å². The van der Waals surface area contributed by atoms with Gasteiger partial charge >= 0.3 is 0 Å². The van der Waals surface area contributed by atoms with Crippen molar-refractivity contribution in [3.63, 3.8) is 0 Å². The lowest BCUT2D eigenvalue weighted by Gasteiger charge is -2.26. The maximum atomic E-state index is 13.1. The van der Waals surface area contributed by atoms with E-state index in [2.05, 4.69) is 22.8 Å². The van der Waals surface area contributed by atoms with Crippen LogP contribution in [0.5, 0.6) is 5.75 Å². The number of hydrazine groups is 2. The number of ether oxygens (including phenoxy) is 1. The molecule has 0 radical (unpaired) electrons. The highest BCUT2D eigenvalue weighted by Gasteiger charge is 2.20. The molecule has 5 N–H and O–H groups in total. The summed E-state index contributed by atoms with van der Waals surface area (Å²) >= 11 is 0. The van der Waals surface area contributed by atoms with Gasteiger partial charge in [0.1, 0.15) is 11.6 Å². The van der Waals surface area contributed by atoms with E-state index < -0.39 is 0 Å². The predicted octanol–water partition coefficient (Wildman–Crippen LogP) is 2.89. The molecule has 32 heavy (non-hydrogen) atoms. The first-order valence-corrected chi connectivity index (χ1v) is 10.8. The van der Waals surface area contributed by atoms with Crippen LogP contribution < -0.4 is 21.4 Å². The van der Waals surface area contributed by atoms with E-state index in [-0.39, 0.29) is 11.7 Å². The van der Waals surface area contributed by atoms with E-state index in [4.69, 9.17) is 16.0 Å². The Morgan fingerprint density at radius 2 is 2.03 bits per heavy atom. The zero-order valence-electron chi connectivity index (χ0n) is 20.0. The van der Waals surface area contributed by atoms with Gasteiger partial charge in [0, 0.05) is 25.3 Å². The molecule has 1 aromatic carbocycles. The molecule has 1 heterocycles. The lowest BCUT2D eigenvalue weighted by atomic mass is 9.96. The summed E-state index contributed by atoms with van der Waals surface area (Å²) in [5.41, 5.74) is 7.81. The summed E-state index contributed by atoms with van der Waals surface area (Å²) in [6.07, 6.45) is 6.40. The van der Waals surface area contributed by atoms with E-state index in [0.29, 0.717) is 23.6 Å². The summed E-state index contributed by atoms with van der Waals surface area (Å²) in [4.78, 5) is 15.4. The smallest absolute Gasteiger partial charge is 0.259 e. The van der Waals surface area contributed by atoms with Crippen LogP contribution in [0.4, 0.5) is 0 Å². The second kappa shape index (κ2) is 11.6. The van der Waals surface area contributed by atoms with Crippen LogP contribution in [0.1, 0.15) is 49.2 Å². The lowest BCUT2D eigenvalue weighted by molar-refractivity contribution is 0.0963. The third-order valence-electron chi connectivity index (χ3n) is 5.48. The number of benzene rings is 1. The fourth-order valence-corrected chi connectivity index (χ4v) is 3.49. The summed E-state index contributed by atoms with van der Waals surface area (Å²) in [5, 5.41) is 12.7. The third kappa shape index (κ3) is 6.29. The molecule has 0 bridgehead atoms. The molecule has 0 saturated heterocycles. The molecule has 1 aromatic rings. The summed E-state index contributed by atoms with van der Waals surface area (Å²) < 4.78 is 5.52. The van der Waals surface area contributed by atoms with E-state index in [1.54, 1.807) is 7.11 Å². The van der Waals surface area contributed by atoms with Crippen LogP contribution in [-0.2, 0) is 13.0 Å². The van der Waals surface area contributed by atoms with Crippen LogP contribution in [0.25, 0.3) is 0 Å². The van der Waals surface area contributed by atoms with Crippen molar-refractivity contribution in [3.05, 3.63) is 63.9 Å². The van der Waals surface area contributed by atoms with Crippen LogP contribution in [0.2, 0.25) is 0 Å². The summed E-state index contributed by atoms with van der Waals surface area (Å²) in [5.74, 6) is 6.10. The number of likely N-dealkylation sites (N-methyl/N-ethyl adjacent to an activating group) is 2. The van der Waals surface area contributed by atoms with Gasteiger partial charge in [-0.3, -0.25) is 21.1 Å². The molecule has 0 aliphatic carbocycles. The number of carbonyl (C=O) groups is 1. The minimum atomic E-state index is -0.211. The molecule has 1 amide bonds. The Kier molecular flexibility index (Phi) is 9.19. The van der Waals surface area contributed by atoms with Gasteiger partial charge in [0.2, 0.25) is 0 Å². The number of hydrogen-bond donors (Lipinski definition) is 4. The highest BCUT2D eigenvalue weighted by Crippen LogP contribution is 2.28. The Balaban J connectivity index is 2.22. The predicted molar refractivity (Wildman–Crippen MR) is 129 cm³/mol. The highest BCUT2D eigenvalue weighted by molar-refractivity contribution is 5.98. The van der Waals surface area contributed by atoms with Gasteiger partial charge < -0.3 is 15.0 Å². The zero-order chi connectivity index (χ0) is 23.8. The number of allylic oxidation sites excluding steroid dienone is 4. The van der Waals surface area contributed by atoms with Crippen molar-refractivity contribution >= 4 is 11.7 Å². The summed E-state index contributed by atoms with van der Waals surface area (Å²) in [6, 6.07) is 3.92. The van der Waals surface area contributed by atoms with Gasteiger partial charge in [0.15, 0.2) is 0 Å². The van der Waals surface area contributed by atoms with Gasteiger partial charge in [-0.25, -0.2) is 0 Å². The normalized spacial score (nSPS) is 14.2. The van der Waals surface area contributed by atoms with E-state index in [1.165, 1.54) is 10.6 Å². The topological polar surface area (TPSA) is 107 Å². The Labute approximate surface area is 191 Å². The number of rotatable bonds is 8. The average molecular weight is 441 g/mol. The van der Waals surface area contributed by atoms with Crippen molar-refractivity contribution in [2.24, 2.45) is 5.84 Å². The molecule has 0 unspecified atom stereocenters. The van der Waals surface area contributed by atoms with Gasteiger partial charge in [0.25, 0.3) is 5.91 Å². The van der Waals surface area contributed by atoms with Gasteiger partial charge in [-0.15, -0.1) is 0 Å². The summed E-state index contributed by atoms with van der Waals surface area (Å²) in [7, 11) is 3.67. The number of nitrogens with one attached hydrogen (secondary N) is 3. The standard InChI is InChI=1S/C24H36N6O2/c1-7-30(28-26)23(25)17(4)9-8-10-21(16(2)3)27-24(31)20-13-19-15-29(5)12-11-18(19)14-22(20)32-6/h8-10,13-14,25,28H,7,11-12,15,26H2,1-6H3,(H,27,31)/b10-8-,17-9+,25-23?. The van der Waals surface area contributed by atoms with Crippen molar-refractivity contribution in [2.45, 2.75) is 40.7 Å². The second-order valence-corrected chi connectivity index (χ2v) is 8.11. The number of methoxy groups -OCH3 is 1. The molecule has 0 saturated carbocycles. The Hall–Kier alpha value is -2.94.